The standard InChI is InChI=1S/C15H16N2O3/c16-9-15(6-2-1-3-7-15)14(18)17-11-4-5-12-13(8-11)20-10-19-12/h4-5,8H,1-3,6-7,10H2,(H,17,18). The van der Waals surface area contributed by atoms with Crippen LogP contribution in [0.5, 0.6) is 11.5 Å². The van der Waals surface area contributed by atoms with Crippen molar-refractivity contribution < 1.29 is 14.3 Å². The molecule has 3 rings (SSSR count). The molecular weight excluding hydrogens is 256 g/mol. The Morgan fingerprint density at radius 2 is 1.95 bits per heavy atom. The average Bonchev–Trinajstić information content (AvgIpc) is 2.95. The van der Waals surface area contributed by atoms with Crippen LogP contribution in [0.1, 0.15) is 32.1 Å². The largest absolute Gasteiger partial charge is 0.454 e. The minimum absolute atomic E-state index is 0.203. The van der Waals surface area contributed by atoms with Gasteiger partial charge >= 0.3 is 0 Å². The highest BCUT2D eigenvalue weighted by molar-refractivity contribution is 5.97. The van der Waals surface area contributed by atoms with Crippen LogP contribution >= 0.6 is 0 Å². The molecule has 5 nitrogen and oxygen atoms in total. The van der Waals surface area contributed by atoms with Crippen LogP contribution in [0, 0.1) is 16.7 Å². The Balaban J connectivity index is 1.77. The molecule has 1 aliphatic carbocycles. The van der Waals surface area contributed by atoms with Crippen molar-refractivity contribution in [3.8, 4) is 17.6 Å². The van der Waals surface area contributed by atoms with Crippen LogP contribution < -0.4 is 14.8 Å². The van der Waals surface area contributed by atoms with E-state index in [1.807, 2.05) is 0 Å². The maximum Gasteiger partial charge on any atom is 0.244 e. The number of nitriles is 1. The van der Waals surface area contributed by atoms with E-state index in [-0.39, 0.29) is 12.7 Å². The van der Waals surface area contributed by atoms with Gasteiger partial charge in [0, 0.05) is 11.8 Å². The fraction of sp³-hybridized carbons (Fsp3) is 0.467. The van der Waals surface area contributed by atoms with Gasteiger partial charge in [0.05, 0.1) is 6.07 Å². The lowest BCUT2D eigenvalue weighted by atomic mass is 9.74. The van der Waals surface area contributed by atoms with Gasteiger partial charge in [-0.05, 0) is 25.0 Å². The molecule has 1 aliphatic heterocycles. The van der Waals surface area contributed by atoms with Crippen molar-refractivity contribution in [1.29, 1.82) is 5.26 Å². The first-order valence-corrected chi connectivity index (χ1v) is 6.86. The molecule has 104 valence electrons. The van der Waals surface area contributed by atoms with Crippen LogP contribution in [0.15, 0.2) is 18.2 Å². The smallest absolute Gasteiger partial charge is 0.244 e. The lowest BCUT2D eigenvalue weighted by Crippen LogP contribution is -2.36. The lowest BCUT2D eigenvalue weighted by molar-refractivity contribution is -0.124. The van der Waals surface area contributed by atoms with E-state index in [1.54, 1.807) is 18.2 Å². The number of fused-ring (bicyclic) bond motifs is 1. The van der Waals surface area contributed by atoms with Crippen LogP contribution in [0.25, 0.3) is 0 Å². The molecule has 0 spiro atoms. The number of carbonyl (C=O) groups excluding carboxylic acids is 1. The molecule has 1 N–H and O–H groups in total. The number of nitrogens with one attached hydrogen (secondary N) is 1. The minimum atomic E-state index is -0.880. The van der Waals surface area contributed by atoms with E-state index in [0.717, 1.165) is 19.3 Å². The summed E-state index contributed by atoms with van der Waals surface area (Å²) in [6.07, 6.45) is 4.24. The number of benzene rings is 1. The molecule has 1 aromatic carbocycles. The highest BCUT2D eigenvalue weighted by atomic mass is 16.7. The van der Waals surface area contributed by atoms with E-state index in [9.17, 15) is 10.1 Å². The quantitative estimate of drug-likeness (QED) is 0.898. The Labute approximate surface area is 117 Å². The topological polar surface area (TPSA) is 71.4 Å². The molecule has 1 aromatic rings. The number of rotatable bonds is 2. The van der Waals surface area contributed by atoms with Gasteiger partial charge in [-0.25, -0.2) is 0 Å². The summed E-state index contributed by atoms with van der Waals surface area (Å²) in [5.74, 6) is 1.09. The van der Waals surface area contributed by atoms with Crippen LogP contribution in [0.4, 0.5) is 5.69 Å². The fourth-order valence-corrected chi connectivity index (χ4v) is 2.77. The van der Waals surface area contributed by atoms with Crippen LogP contribution in [0.2, 0.25) is 0 Å². The van der Waals surface area contributed by atoms with Crippen LogP contribution in [-0.2, 0) is 4.79 Å². The van der Waals surface area contributed by atoms with Crippen molar-refractivity contribution in [3.05, 3.63) is 18.2 Å². The number of amides is 1. The molecule has 0 unspecified atom stereocenters. The normalized spacial score (nSPS) is 19.1. The van der Waals surface area contributed by atoms with Gasteiger partial charge in [-0.1, -0.05) is 19.3 Å². The monoisotopic (exact) mass is 272 g/mol. The first-order valence-electron chi connectivity index (χ1n) is 6.86. The van der Waals surface area contributed by atoms with Crippen molar-refractivity contribution in [3.63, 3.8) is 0 Å². The average molecular weight is 272 g/mol. The molecule has 20 heavy (non-hydrogen) atoms. The lowest BCUT2D eigenvalue weighted by Gasteiger charge is -2.29. The number of carbonyl (C=O) groups is 1. The summed E-state index contributed by atoms with van der Waals surface area (Å²) in [4.78, 5) is 12.4. The van der Waals surface area contributed by atoms with Gasteiger partial charge in [0.15, 0.2) is 11.5 Å². The van der Waals surface area contributed by atoms with E-state index in [4.69, 9.17) is 9.47 Å². The Bertz CT molecular complexity index is 571. The number of ether oxygens (including phenoxy) is 2. The summed E-state index contributed by atoms with van der Waals surface area (Å²) in [5.41, 5.74) is -0.242. The fourth-order valence-electron chi connectivity index (χ4n) is 2.77. The van der Waals surface area contributed by atoms with E-state index in [1.165, 1.54) is 0 Å². The molecule has 1 saturated carbocycles. The van der Waals surface area contributed by atoms with E-state index >= 15 is 0 Å². The minimum Gasteiger partial charge on any atom is -0.454 e. The number of hydrogen-bond acceptors (Lipinski definition) is 4. The summed E-state index contributed by atoms with van der Waals surface area (Å²) >= 11 is 0. The van der Waals surface area contributed by atoms with Gasteiger partial charge in [-0.3, -0.25) is 4.79 Å². The molecular formula is C15H16N2O3. The van der Waals surface area contributed by atoms with Crippen molar-refractivity contribution in [2.24, 2.45) is 5.41 Å². The van der Waals surface area contributed by atoms with Crippen molar-refractivity contribution in [2.75, 3.05) is 12.1 Å². The Morgan fingerprint density at radius 3 is 2.70 bits per heavy atom. The molecule has 0 radical (unpaired) electrons. The van der Waals surface area contributed by atoms with E-state index in [0.29, 0.717) is 30.0 Å². The third kappa shape index (κ3) is 2.18. The summed E-state index contributed by atoms with van der Waals surface area (Å²) < 4.78 is 10.5. The van der Waals surface area contributed by atoms with Crippen molar-refractivity contribution in [2.45, 2.75) is 32.1 Å². The maximum atomic E-state index is 12.4. The highest BCUT2D eigenvalue weighted by Crippen LogP contribution is 2.38. The Hall–Kier alpha value is -2.22. The van der Waals surface area contributed by atoms with Gasteiger partial charge in [0.2, 0.25) is 12.7 Å². The van der Waals surface area contributed by atoms with Gasteiger partial charge in [0.1, 0.15) is 5.41 Å². The highest BCUT2D eigenvalue weighted by Gasteiger charge is 2.39. The van der Waals surface area contributed by atoms with Crippen molar-refractivity contribution >= 4 is 11.6 Å². The third-order valence-electron chi connectivity index (χ3n) is 3.99. The van der Waals surface area contributed by atoms with Gasteiger partial charge < -0.3 is 14.8 Å². The summed E-state index contributed by atoms with van der Waals surface area (Å²) in [7, 11) is 0. The molecule has 0 saturated heterocycles. The number of anilines is 1. The van der Waals surface area contributed by atoms with E-state index < -0.39 is 5.41 Å². The second kappa shape index (κ2) is 5.04. The second-order valence-corrected chi connectivity index (χ2v) is 5.28. The van der Waals surface area contributed by atoms with Crippen LogP contribution in [-0.4, -0.2) is 12.7 Å². The van der Waals surface area contributed by atoms with Crippen LogP contribution in [0.3, 0.4) is 0 Å². The predicted molar refractivity (Wildman–Crippen MR) is 72.3 cm³/mol. The summed E-state index contributed by atoms with van der Waals surface area (Å²) in [6.45, 7) is 0.203. The summed E-state index contributed by atoms with van der Waals surface area (Å²) in [5, 5.41) is 12.2. The Kier molecular flexibility index (Phi) is 3.23. The predicted octanol–water partition coefficient (Wildman–Crippen LogP) is 2.83. The first-order chi connectivity index (χ1) is 9.73. The molecule has 5 heteroatoms. The third-order valence-corrected chi connectivity index (χ3v) is 3.99. The molecule has 1 heterocycles. The first kappa shape index (κ1) is 12.8. The van der Waals surface area contributed by atoms with Gasteiger partial charge in [-0.2, -0.15) is 5.26 Å². The second-order valence-electron chi connectivity index (χ2n) is 5.28. The molecule has 0 bridgehead atoms. The van der Waals surface area contributed by atoms with Crippen molar-refractivity contribution in [1.82, 2.24) is 0 Å². The number of hydrogen-bond donors (Lipinski definition) is 1. The molecule has 2 aliphatic rings. The van der Waals surface area contributed by atoms with Gasteiger partial charge in [0.25, 0.3) is 0 Å². The zero-order valence-corrected chi connectivity index (χ0v) is 11.1. The Morgan fingerprint density at radius 1 is 1.20 bits per heavy atom. The zero-order valence-electron chi connectivity index (χ0n) is 11.1. The molecule has 0 atom stereocenters. The summed E-state index contributed by atoms with van der Waals surface area (Å²) in [6, 6.07) is 7.48. The zero-order chi connectivity index (χ0) is 14.0. The van der Waals surface area contributed by atoms with E-state index in [2.05, 4.69) is 11.4 Å². The SMILES string of the molecule is N#CC1(C(=O)Nc2ccc3c(c2)OCO3)CCCCC1. The molecule has 1 fully saturated rings. The maximum absolute atomic E-state index is 12.4. The molecule has 1 amide bonds. The number of nitrogens with zero attached hydrogens (tertiary/aromatic N) is 1. The van der Waals surface area contributed by atoms with Gasteiger partial charge in [-0.15, -0.1) is 0 Å². The molecule has 0 aromatic heterocycles.